The zero-order chi connectivity index (χ0) is 12.9. The maximum Gasteiger partial charge on any atom is 0.306 e. The van der Waals surface area contributed by atoms with E-state index in [9.17, 15) is 4.79 Å². The highest BCUT2D eigenvalue weighted by Gasteiger charge is 2.56. The molecule has 1 atom stereocenters. The van der Waals surface area contributed by atoms with Crippen LogP contribution in [0.5, 0.6) is 0 Å². The number of carbonyl (C=O) groups excluding carboxylic acids is 1. The highest BCUT2D eigenvalue weighted by Crippen LogP contribution is 2.51. The molecule has 2 saturated heterocycles. The molecule has 17 heavy (non-hydrogen) atoms. The highest BCUT2D eigenvalue weighted by atomic mass is 127. The number of piperidine rings is 1. The predicted octanol–water partition coefficient (Wildman–Crippen LogP) is 2.66. The topological polar surface area (TPSA) is 38.3 Å². The smallest absolute Gasteiger partial charge is 0.306 e. The second-order valence-corrected chi connectivity index (χ2v) is 7.80. The lowest BCUT2D eigenvalue weighted by Crippen LogP contribution is -2.62. The van der Waals surface area contributed by atoms with Crippen molar-refractivity contribution >= 4 is 28.6 Å². The fourth-order valence-corrected chi connectivity index (χ4v) is 5.22. The molecule has 2 fully saturated rings. The van der Waals surface area contributed by atoms with Crippen molar-refractivity contribution in [2.75, 3.05) is 4.43 Å². The minimum Gasteiger partial charge on any atom is -0.461 e. The van der Waals surface area contributed by atoms with Crippen LogP contribution >= 0.6 is 22.6 Å². The lowest BCUT2D eigenvalue weighted by molar-refractivity contribution is -0.141. The van der Waals surface area contributed by atoms with Gasteiger partial charge in [0.2, 0.25) is 0 Å². The minimum absolute atomic E-state index is 0.0137. The number of nitrogens with one attached hydrogen (secondary N) is 1. The number of esters is 1. The number of alkyl halides is 1. The molecule has 1 spiro atoms. The molecule has 0 saturated carbocycles. The molecule has 2 heterocycles. The van der Waals surface area contributed by atoms with Crippen LogP contribution in [0.2, 0.25) is 0 Å². The monoisotopic (exact) mass is 351 g/mol. The second kappa shape index (κ2) is 4.08. The van der Waals surface area contributed by atoms with Gasteiger partial charge in [-0.2, -0.15) is 0 Å². The van der Waals surface area contributed by atoms with Gasteiger partial charge in [-0.25, -0.2) is 0 Å². The van der Waals surface area contributed by atoms with Gasteiger partial charge in [-0.05, 0) is 40.5 Å². The molecular weight excluding hydrogens is 329 g/mol. The first-order chi connectivity index (χ1) is 7.68. The van der Waals surface area contributed by atoms with Gasteiger partial charge in [-0.3, -0.25) is 4.79 Å². The summed E-state index contributed by atoms with van der Waals surface area (Å²) in [5.74, 6) is -0.0137. The summed E-state index contributed by atoms with van der Waals surface area (Å²) in [6.45, 7) is 8.90. The van der Waals surface area contributed by atoms with E-state index in [1.807, 2.05) is 0 Å². The van der Waals surface area contributed by atoms with E-state index in [0.717, 1.165) is 17.3 Å². The van der Waals surface area contributed by atoms with E-state index in [1.54, 1.807) is 0 Å². The van der Waals surface area contributed by atoms with Gasteiger partial charge in [0.1, 0.15) is 6.10 Å². The van der Waals surface area contributed by atoms with Crippen LogP contribution < -0.4 is 5.32 Å². The Kier molecular flexibility index (Phi) is 3.26. The van der Waals surface area contributed by atoms with Gasteiger partial charge >= 0.3 is 5.97 Å². The van der Waals surface area contributed by atoms with Crippen molar-refractivity contribution in [1.82, 2.24) is 5.32 Å². The van der Waals surface area contributed by atoms with Crippen molar-refractivity contribution in [1.29, 1.82) is 0 Å². The first-order valence-electron chi connectivity index (χ1n) is 6.23. The van der Waals surface area contributed by atoms with Gasteiger partial charge < -0.3 is 10.1 Å². The Morgan fingerprint density at radius 2 is 1.82 bits per heavy atom. The van der Waals surface area contributed by atoms with E-state index in [2.05, 4.69) is 55.6 Å². The maximum absolute atomic E-state index is 11.7. The molecule has 0 aromatic heterocycles. The number of rotatable bonds is 1. The van der Waals surface area contributed by atoms with Gasteiger partial charge in [0.25, 0.3) is 0 Å². The molecule has 4 heteroatoms. The molecule has 0 amide bonds. The van der Waals surface area contributed by atoms with Gasteiger partial charge in [-0.15, -0.1) is 0 Å². The normalized spacial score (nSPS) is 33.7. The van der Waals surface area contributed by atoms with Crippen molar-refractivity contribution in [3.05, 3.63) is 0 Å². The van der Waals surface area contributed by atoms with Crippen LogP contribution in [0.3, 0.4) is 0 Å². The minimum atomic E-state index is -0.0137. The molecule has 0 bridgehead atoms. The van der Waals surface area contributed by atoms with Crippen molar-refractivity contribution in [2.24, 2.45) is 5.41 Å². The first-order valence-corrected chi connectivity index (χ1v) is 7.76. The molecule has 0 aliphatic carbocycles. The van der Waals surface area contributed by atoms with Crippen LogP contribution in [-0.2, 0) is 9.53 Å². The van der Waals surface area contributed by atoms with Gasteiger partial charge in [0, 0.05) is 20.9 Å². The molecule has 3 nitrogen and oxygen atoms in total. The van der Waals surface area contributed by atoms with E-state index >= 15 is 0 Å². The summed E-state index contributed by atoms with van der Waals surface area (Å²) in [5.41, 5.74) is 0.177. The molecule has 2 aliphatic rings. The Morgan fingerprint density at radius 1 is 1.29 bits per heavy atom. The quantitative estimate of drug-likeness (QED) is 0.449. The number of cyclic esters (lactones) is 1. The lowest BCUT2D eigenvalue weighted by atomic mass is 9.62. The van der Waals surface area contributed by atoms with E-state index < -0.39 is 0 Å². The third-order valence-electron chi connectivity index (χ3n) is 3.86. The molecule has 1 unspecified atom stereocenters. The van der Waals surface area contributed by atoms with Crippen LogP contribution in [0.1, 0.15) is 47.0 Å². The van der Waals surface area contributed by atoms with E-state index in [4.69, 9.17) is 4.74 Å². The fraction of sp³-hybridized carbons (Fsp3) is 0.923. The van der Waals surface area contributed by atoms with Crippen LogP contribution in [0.25, 0.3) is 0 Å². The number of hydrogen-bond acceptors (Lipinski definition) is 3. The Morgan fingerprint density at radius 3 is 2.29 bits per heavy atom. The summed E-state index contributed by atoms with van der Waals surface area (Å²) in [6, 6.07) is 0. The van der Waals surface area contributed by atoms with Gasteiger partial charge in [0.05, 0.1) is 6.42 Å². The first kappa shape index (κ1) is 13.6. The molecule has 98 valence electrons. The summed E-state index contributed by atoms with van der Waals surface area (Å²) in [7, 11) is 0. The fourth-order valence-electron chi connectivity index (χ4n) is 4.10. The SMILES string of the molecule is CC1(C)CC2(CC(=O)OC2CI)CC(C)(C)N1. The second-order valence-electron chi connectivity index (χ2n) is 6.92. The summed E-state index contributed by atoms with van der Waals surface area (Å²) in [5, 5.41) is 3.67. The molecule has 0 aromatic rings. The van der Waals surface area contributed by atoms with Crippen LogP contribution in [-0.4, -0.2) is 27.6 Å². The molecular formula is C13H22INO2. The standard InChI is InChI=1S/C13H22INO2/c1-11(2)7-13(8-12(3,4)15-11)5-10(16)17-9(13)6-14/h9,15H,5-8H2,1-4H3. The van der Waals surface area contributed by atoms with E-state index in [-0.39, 0.29) is 28.6 Å². The number of carbonyl (C=O) groups is 1. The number of halogens is 1. The summed E-state index contributed by atoms with van der Waals surface area (Å²) in [4.78, 5) is 11.7. The van der Waals surface area contributed by atoms with Crippen LogP contribution in [0.15, 0.2) is 0 Å². The zero-order valence-electron chi connectivity index (χ0n) is 11.1. The Labute approximate surface area is 117 Å². The molecule has 2 rings (SSSR count). The van der Waals surface area contributed by atoms with Crippen molar-refractivity contribution in [2.45, 2.75) is 64.1 Å². The molecule has 0 radical (unpaired) electrons. The van der Waals surface area contributed by atoms with Gasteiger partial charge in [-0.1, -0.05) is 22.6 Å². The van der Waals surface area contributed by atoms with Crippen molar-refractivity contribution < 1.29 is 9.53 Å². The Bertz CT molecular complexity index is 322. The summed E-state index contributed by atoms with van der Waals surface area (Å²) in [6.07, 6.45) is 2.72. The third-order valence-corrected chi connectivity index (χ3v) is 4.66. The zero-order valence-corrected chi connectivity index (χ0v) is 13.3. The van der Waals surface area contributed by atoms with Crippen molar-refractivity contribution in [3.63, 3.8) is 0 Å². The maximum atomic E-state index is 11.7. The van der Waals surface area contributed by atoms with Crippen LogP contribution in [0, 0.1) is 5.41 Å². The molecule has 1 N–H and O–H groups in total. The summed E-state index contributed by atoms with van der Waals surface area (Å²) >= 11 is 2.34. The van der Waals surface area contributed by atoms with Crippen LogP contribution in [0.4, 0.5) is 0 Å². The lowest BCUT2D eigenvalue weighted by Gasteiger charge is -2.52. The predicted molar refractivity (Wildman–Crippen MR) is 76.3 cm³/mol. The Balaban J connectivity index is 2.33. The number of ether oxygens (including phenoxy) is 1. The van der Waals surface area contributed by atoms with Crippen molar-refractivity contribution in [3.8, 4) is 0 Å². The Hall–Kier alpha value is 0.160. The average Bonchev–Trinajstić information content (AvgIpc) is 2.34. The third kappa shape index (κ3) is 2.62. The molecule has 2 aliphatic heterocycles. The highest BCUT2D eigenvalue weighted by molar-refractivity contribution is 14.1. The summed E-state index contributed by atoms with van der Waals surface area (Å²) < 4.78 is 6.41. The van der Waals surface area contributed by atoms with E-state index in [1.165, 1.54) is 0 Å². The molecule has 0 aromatic carbocycles. The largest absolute Gasteiger partial charge is 0.461 e. The number of hydrogen-bond donors (Lipinski definition) is 1. The average molecular weight is 351 g/mol. The van der Waals surface area contributed by atoms with Gasteiger partial charge in [0.15, 0.2) is 0 Å². The van der Waals surface area contributed by atoms with E-state index in [0.29, 0.717) is 6.42 Å².